The lowest BCUT2D eigenvalue weighted by molar-refractivity contribution is 0.0792. The molecule has 1 fully saturated rings. The molecule has 0 aliphatic carbocycles. The predicted octanol–water partition coefficient (Wildman–Crippen LogP) is 1.93. The Bertz CT molecular complexity index is 1070. The monoisotopic (exact) mass is 377 g/mol. The van der Waals surface area contributed by atoms with Crippen molar-refractivity contribution < 1.29 is 4.79 Å². The van der Waals surface area contributed by atoms with Crippen LogP contribution in [0.1, 0.15) is 45.6 Å². The highest BCUT2D eigenvalue weighted by molar-refractivity contribution is 5.94. The molecular weight excluding hydrogens is 354 g/mol. The van der Waals surface area contributed by atoms with Crippen LogP contribution in [0.5, 0.6) is 0 Å². The van der Waals surface area contributed by atoms with Gasteiger partial charge in [0.25, 0.3) is 5.91 Å². The molecule has 0 saturated carbocycles. The first kappa shape index (κ1) is 17.1. The third kappa shape index (κ3) is 2.71. The maximum Gasteiger partial charge on any atom is 0.255 e. The van der Waals surface area contributed by atoms with E-state index in [0.29, 0.717) is 12.1 Å². The third-order valence-corrected chi connectivity index (χ3v) is 5.95. The number of amides is 1. The minimum Gasteiger partial charge on any atom is -0.350 e. The van der Waals surface area contributed by atoms with Gasteiger partial charge in [-0.2, -0.15) is 4.52 Å². The summed E-state index contributed by atoms with van der Waals surface area (Å²) in [4.78, 5) is 21.5. The molecule has 0 radical (unpaired) electrons. The van der Waals surface area contributed by atoms with Crippen LogP contribution < -0.4 is 4.90 Å². The summed E-state index contributed by atoms with van der Waals surface area (Å²) < 4.78 is 1.73. The van der Waals surface area contributed by atoms with Gasteiger partial charge in [0.1, 0.15) is 6.33 Å². The van der Waals surface area contributed by atoms with Gasteiger partial charge in [0.2, 0.25) is 0 Å². The van der Waals surface area contributed by atoms with E-state index in [-0.39, 0.29) is 5.91 Å². The van der Waals surface area contributed by atoms with Gasteiger partial charge in [-0.25, -0.2) is 0 Å². The van der Waals surface area contributed by atoms with E-state index in [1.165, 1.54) is 0 Å². The summed E-state index contributed by atoms with van der Waals surface area (Å²) in [6.45, 7) is 7.38. The number of anilines is 1. The van der Waals surface area contributed by atoms with Crippen molar-refractivity contribution in [2.75, 3.05) is 24.5 Å². The second-order valence-corrected chi connectivity index (χ2v) is 7.67. The number of aromatic nitrogens is 5. The van der Waals surface area contributed by atoms with E-state index < -0.39 is 0 Å². The zero-order valence-electron chi connectivity index (χ0n) is 16.2. The van der Waals surface area contributed by atoms with Gasteiger partial charge >= 0.3 is 0 Å². The van der Waals surface area contributed by atoms with Crippen molar-refractivity contribution in [2.24, 2.45) is 0 Å². The first-order chi connectivity index (χ1) is 13.6. The molecule has 0 N–H and O–H groups in total. The average molecular weight is 377 g/mol. The van der Waals surface area contributed by atoms with Crippen molar-refractivity contribution in [2.45, 2.75) is 39.7 Å². The molecule has 3 aromatic heterocycles. The topological polar surface area (TPSA) is 79.5 Å². The van der Waals surface area contributed by atoms with Crippen LogP contribution in [-0.4, -0.2) is 55.2 Å². The Hall–Kier alpha value is -3.03. The van der Waals surface area contributed by atoms with Gasteiger partial charge in [0.15, 0.2) is 11.5 Å². The molecule has 8 heteroatoms. The molecule has 5 rings (SSSR count). The third-order valence-electron chi connectivity index (χ3n) is 5.95. The van der Waals surface area contributed by atoms with Gasteiger partial charge in [-0.1, -0.05) is 0 Å². The van der Waals surface area contributed by atoms with Gasteiger partial charge in [-0.05, 0) is 38.3 Å². The van der Waals surface area contributed by atoms with E-state index in [2.05, 4.69) is 33.9 Å². The van der Waals surface area contributed by atoms with Gasteiger partial charge in [0.05, 0.1) is 5.56 Å². The van der Waals surface area contributed by atoms with Crippen molar-refractivity contribution in [1.29, 1.82) is 0 Å². The number of fused-ring (bicyclic) bond motifs is 2. The molecule has 1 amide bonds. The summed E-state index contributed by atoms with van der Waals surface area (Å²) in [5.41, 5.74) is 5.87. The SMILES string of the molecule is Cc1c(N2CCc3ncc(C(=O)N4CCCC4)cc3C2)nn2cnnc2c1C. The largest absolute Gasteiger partial charge is 0.350 e. The number of aryl methyl sites for hydroxylation is 1. The van der Waals surface area contributed by atoms with Crippen LogP contribution in [-0.2, 0) is 13.0 Å². The van der Waals surface area contributed by atoms with Crippen molar-refractivity contribution in [1.82, 2.24) is 29.7 Å². The Morgan fingerprint density at radius 2 is 1.93 bits per heavy atom. The van der Waals surface area contributed by atoms with E-state index in [1.54, 1.807) is 17.0 Å². The number of pyridine rings is 1. The molecule has 144 valence electrons. The number of hydrogen-bond donors (Lipinski definition) is 0. The molecule has 3 aromatic rings. The zero-order valence-corrected chi connectivity index (χ0v) is 16.2. The first-order valence-electron chi connectivity index (χ1n) is 9.81. The molecule has 0 spiro atoms. The maximum atomic E-state index is 12.7. The quantitative estimate of drug-likeness (QED) is 0.679. The Kier molecular flexibility index (Phi) is 3.99. The maximum absolute atomic E-state index is 12.7. The van der Waals surface area contributed by atoms with Gasteiger partial charge in [0, 0.05) is 55.6 Å². The van der Waals surface area contributed by atoms with E-state index in [4.69, 9.17) is 5.10 Å². The highest BCUT2D eigenvalue weighted by atomic mass is 16.2. The van der Waals surface area contributed by atoms with Crippen LogP contribution in [0.15, 0.2) is 18.6 Å². The summed E-state index contributed by atoms with van der Waals surface area (Å²) in [5, 5.41) is 12.9. The van der Waals surface area contributed by atoms with Gasteiger partial charge in [-0.15, -0.1) is 15.3 Å². The van der Waals surface area contributed by atoms with Crippen molar-refractivity contribution in [3.8, 4) is 0 Å². The minimum absolute atomic E-state index is 0.0981. The molecule has 0 bridgehead atoms. The second-order valence-electron chi connectivity index (χ2n) is 7.67. The predicted molar refractivity (Wildman–Crippen MR) is 104 cm³/mol. The van der Waals surface area contributed by atoms with E-state index >= 15 is 0 Å². The lowest BCUT2D eigenvalue weighted by Crippen LogP contribution is -2.33. The Morgan fingerprint density at radius 3 is 2.75 bits per heavy atom. The molecular formula is C20H23N7O. The van der Waals surface area contributed by atoms with Crippen LogP contribution in [0.3, 0.4) is 0 Å². The number of carbonyl (C=O) groups excluding carboxylic acids is 1. The molecule has 28 heavy (non-hydrogen) atoms. The summed E-state index contributed by atoms with van der Waals surface area (Å²) >= 11 is 0. The first-order valence-corrected chi connectivity index (χ1v) is 9.81. The van der Waals surface area contributed by atoms with Crippen LogP contribution >= 0.6 is 0 Å². The summed E-state index contributed by atoms with van der Waals surface area (Å²) in [7, 11) is 0. The molecule has 5 heterocycles. The molecule has 8 nitrogen and oxygen atoms in total. The molecule has 1 saturated heterocycles. The zero-order chi connectivity index (χ0) is 19.3. The highest BCUT2D eigenvalue weighted by Gasteiger charge is 2.25. The van der Waals surface area contributed by atoms with Crippen molar-refractivity contribution >= 4 is 17.4 Å². The Labute approximate surface area is 163 Å². The lowest BCUT2D eigenvalue weighted by atomic mass is 10.0. The van der Waals surface area contributed by atoms with Crippen LogP contribution in [0, 0.1) is 13.8 Å². The Morgan fingerprint density at radius 1 is 1.11 bits per heavy atom. The smallest absolute Gasteiger partial charge is 0.255 e. The fraction of sp³-hybridized carbons (Fsp3) is 0.450. The molecule has 2 aliphatic heterocycles. The van der Waals surface area contributed by atoms with Crippen LogP contribution in [0.2, 0.25) is 0 Å². The van der Waals surface area contributed by atoms with E-state index in [9.17, 15) is 4.79 Å². The fourth-order valence-electron chi connectivity index (χ4n) is 4.19. The fourth-order valence-corrected chi connectivity index (χ4v) is 4.19. The number of likely N-dealkylation sites (tertiary alicyclic amines) is 1. The number of carbonyl (C=O) groups is 1. The normalized spacial score (nSPS) is 16.6. The molecule has 0 atom stereocenters. The van der Waals surface area contributed by atoms with Gasteiger partial charge in [-0.3, -0.25) is 9.78 Å². The summed E-state index contributed by atoms with van der Waals surface area (Å²) in [6.07, 6.45) is 6.40. The number of hydrogen-bond acceptors (Lipinski definition) is 6. The average Bonchev–Trinajstić information content (AvgIpc) is 3.41. The van der Waals surface area contributed by atoms with Crippen LogP contribution in [0.4, 0.5) is 5.82 Å². The van der Waals surface area contributed by atoms with Crippen molar-refractivity contribution in [3.63, 3.8) is 0 Å². The molecule has 0 unspecified atom stereocenters. The van der Waals surface area contributed by atoms with E-state index in [1.807, 2.05) is 11.0 Å². The highest BCUT2D eigenvalue weighted by Crippen LogP contribution is 2.28. The lowest BCUT2D eigenvalue weighted by Gasteiger charge is -2.31. The van der Waals surface area contributed by atoms with Gasteiger partial charge < -0.3 is 9.80 Å². The number of rotatable bonds is 2. The van der Waals surface area contributed by atoms with Crippen molar-refractivity contribution in [3.05, 3.63) is 46.5 Å². The molecule has 0 aromatic carbocycles. The number of nitrogens with zero attached hydrogens (tertiary/aromatic N) is 7. The minimum atomic E-state index is 0.0981. The molecule has 2 aliphatic rings. The second kappa shape index (κ2) is 6.54. The summed E-state index contributed by atoms with van der Waals surface area (Å²) in [6, 6.07) is 2.02. The summed E-state index contributed by atoms with van der Waals surface area (Å²) in [5.74, 6) is 1.03. The van der Waals surface area contributed by atoms with E-state index in [0.717, 1.165) is 72.7 Å². The standard InChI is InChI=1S/C20H23N7O/c1-13-14(2)19(24-27-12-22-23-18(13)27)26-8-5-17-16(11-26)9-15(10-21-17)20(28)25-6-3-4-7-25/h9-10,12H,3-8,11H2,1-2H3. The van der Waals surface area contributed by atoms with Crippen LogP contribution in [0.25, 0.3) is 5.65 Å². The Balaban J connectivity index is 1.47.